The topological polar surface area (TPSA) is 102 Å². The van der Waals surface area contributed by atoms with Gasteiger partial charge in [-0.1, -0.05) is 11.2 Å². The molecular formula is C30H29FN4O4. The van der Waals surface area contributed by atoms with Crippen molar-refractivity contribution in [2.45, 2.75) is 19.8 Å². The lowest BCUT2D eigenvalue weighted by Crippen LogP contribution is -2.25. The fourth-order valence-corrected chi connectivity index (χ4v) is 3.76. The molecule has 1 aliphatic carbocycles. The molecule has 0 unspecified atom stereocenters. The molecule has 0 bridgehead atoms. The second kappa shape index (κ2) is 12.2. The van der Waals surface area contributed by atoms with E-state index in [1.165, 1.54) is 19.2 Å². The molecule has 2 N–H and O–H groups in total. The van der Waals surface area contributed by atoms with Crippen LogP contribution in [-0.4, -0.2) is 37.0 Å². The smallest absolute Gasteiger partial charge is 0.237 e. The van der Waals surface area contributed by atoms with E-state index in [2.05, 4.69) is 20.8 Å². The van der Waals surface area contributed by atoms with Gasteiger partial charge in [0, 0.05) is 35.6 Å². The van der Waals surface area contributed by atoms with Crippen molar-refractivity contribution in [3.05, 3.63) is 90.4 Å². The van der Waals surface area contributed by atoms with Crippen LogP contribution in [-0.2, 0) is 14.4 Å². The van der Waals surface area contributed by atoms with Gasteiger partial charge >= 0.3 is 0 Å². The molecule has 1 aliphatic rings. The molecule has 0 spiro atoms. The maximum atomic E-state index is 12.2. The SMILES string of the molecule is CNc1ccc(F)cc1.CO/N=C(\C)c1ccc2c(Oc3ccc(NC(=O)C4(C=O)CC4)cc3)ccnc2c1. The monoisotopic (exact) mass is 528 g/mol. The summed E-state index contributed by atoms with van der Waals surface area (Å²) in [5, 5.41) is 10.5. The van der Waals surface area contributed by atoms with Crippen LogP contribution in [0.5, 0.6) is 11.5 Å². The van der Waals surface area contributed by atoms with E-state index in [1.807, 2.05) is 25.1 Å². The van der Waals surface area contributed by atoms with Crippen LogP contribution in [0.2, 0.25) is 0 Å². The minimum Gasteiger partial charge on any atom is -0.457 e. The Hall–Kier alpha value is -4.79. The Morgan fingerprint density at radius 3 is 2.33 bits per heavy atom. The molecule has 0 atom stereocenters. The highest BCUT2D eigenvalue weighted by Gasteiger charge is 2.50. The number of ether oxygens (including phenoxy) is 1. The van der Waals surface area contributed by atoms with Crippen LogP contribution in [0.1, 0.15) is 25.3 Å². The number of hydrogen-bond acceptors (Lipinski definition) is 7. The second-order valence-corrected chi connectivity index (χ2v) is 9.01. The van der Waals surface area contributed by atoms with Crippen LogP contribution in [0.4, 0.5) is 15.8 Å². The molecule has 200 valence electrons. The van der Waals surface area contributed by atoms with Crippen molar-refractivity contribution in [2.24, 2.45) is 10.6 Å². The van der Waals surface area contributed by atoms with E-state index < -0.39 is 5.41 Å². The van der Waals surface area contributed by atoms with E-state index >= 15 is 0 Å². The summed E-state index contributed by atoms with van der Waals surface area (Å²) in [6, 6.07) is 20.9. The molecule has 1 saturated carbocycles. The molecule has 4 aromatic rings. The van der Waals surface area contributed by atoms with E-state index in [0.717, 1.165) is 34.2 Å². The van der Waals surface area contributed by atoms with Crippen LogP contribution >= 0.6 is 0 Å². The first kappa shape index (κ1) is 27.3. The quantitative estimate of drug-likeness (QED) is 0.123. The third-order valence-corrected chi connectivity index (χ3v) is 6.29. The van der Waals surface area contributed by atoms with Gasteiger partial charge in [0.25, 0.3) is 0 Å². The van der Waals surface area contributed by atoms with Gasteiger partial charge in [0.2, 0.25) is 5.91 Å². The number of rotatable bonds is 8. The van der Waals surface area contributed by atoms with Crippen LogP contribution in [0, 0.1) is 11.2 Å². The van der Waals surface area contributed by atoms with Gasteiger partial charge in [-0.05, 0) is 86.5 Å². The van der Waals surface area contributed by atoms with Gasteiger partial charge in [0.1, 0.15) is 36.1 Å². The minimum absolute atomic E-state index is 0.200. The number of aldehydes is 1. The van der Waals surface area contributed by atoms with Gasteiger partial charge in [0.15, 0.2) is 0 Å². The Morgan fingerprint density at radius 2 is 1.72 bits per heavy atom. The summed E-state index contributed by atoms with van der Waals surface area (Å²) in [5.74, 6) is 0.837. The van der Waals surface area contributed by atoms with Crippen molar-refractivity contribution in [1.29, 1.82) is 0 Å². The average molecular weight is 529 g/mol. The van der Waals surface area contributed by atoms with Crippen LogP contribution in [0.3, 0.4) is 0 Å². The summed E-state index contributed by atoms with van der Waals surface area (Å²) in [6.45, 7) is 1.87. The van der Waals surface area contributed by atoms with Gasteiger partial charge in [-0.25, -0.2) is 4.39 Å². The first-order chi connectivity index (χ1) is 18.9. The number of fused-ring (bicyclic) bond motifs is 1. The van der Waals surface area contributed by atoms with Gasteiger partial charge in [-0.2, -0.15) is 0 Å². The third-order valence-electron chi connectivity index (χ3n) is 6.29. The molecule has 1 amide bonds. The molecule has 1 aromatic heterocycles. The van der Waals surface area contributed by atoms with Crippen LogP contribution in [0.15, 0.2) is 84.1 Å². The lowest BCUT2D eigenvalue weighted by molar-refractivity contribution is -0.126. The van der Waals surface area contributed by atoms with Gasteiger partial charge < -0.3 is 25.0 Å². The van der Waals surface area contributed by atoms with Crippen LogP contribution < -0.4 is 15.4 Å². The Balaban J connectivity index is 0.000000333. The van der Waals surface area contributed by atoms with Gasteiger partial charge in [-0.3, -0.25) is 9.78 Å². The van der Waals surface area contributed by atoms with E-state index in [0.29, 0.717) is 30.0 Å². The zero-order chi connectivity index (χ0) is 27.8. The zero-order valence-electron chi connectivity index (χ0n) is 21.9. The summed E-state index contributed by atoms with van der Waals surface area (Å²) in [4.78, 5) is 32.5. The molecular weight excluding hydrogens is 499 g/mol. The second-order valence-electron chi connectivity index (χ2n) is 9.01. The van der Waals surface area contributed by atoms with Crippen molar-refractivity contribution >= 4 is 40.2 Å². The molecule has 3 aromatic carbocycles. The van der Waals surface area contributed by atoms with Crippen molar-refractivity contribution < 1.29 is 23.6 Å². The molecule has 0 radical (unpaired) electrons. The normalized spacial score (nSPS) is 13.5. The highest BCUT2D eigenvalue weighted by molar-refractivity contribution is 6.07. The third kappa shape index (κ3) is 6.75. The Morgan fingerprint density at radius 1 is 1.03 bits per heavy atom. The predicted octanol–water partition coefficient (Wildman–Crippen LogP) is 6.18. The fraction of sp³-hybridized carbons (Fsp3) is 0.200. The molecule has 5 rings (SSSR count). The van der Waals surface area contributed by atoms with E-state index in [-0.39, 0.29) is 11.7 Å². The van der Waals surface area contributed by atoms with Crippen molar-refractivity contribution in [3.63, 3.8) is 0 Å². The largest absolute Gasteiger partial charge is 0.457 e. The molecule has 1 fully saturated rings. The number of nitrogens with zero attached hydrogens (tertiary/aromatic N) is 2. The number of hydrogen-bond donors (Lipinski definition) is 2. The van der Waals surface area contributed by atoms with Crippen molar-refractivity contribution in [3.8, 4) is 11.5 Å². The number of aromatic nitrogens is 1. The minimum atomic E-state index is -0.837. The summed E-state index contributed by atoms with van der Waals surface area (Å²) in [5.41, 5.74) is 3.17. The summed E-state index contributed by atoms with van der Waals surface area (Å²) in [6.07, 6.45) is 3.64. The molecule has 39 heavy (non-hydrogen) atoms. The summed E-state index contributed by atoms with van der Waals surface area (Å²) >= 11 is 0. The highest BCUT2D eigenvalue weighted by Crippen LogP contribution is 2.44. The van der Waals surface area contributed by atoms with Crippen molar-refractivity contribution in [1.82, 2.24) is 4.98 Å². The Bertz CT molecular complexity index is 1480. The fourth-order valence-electron chi connectivity index (χ4n) is 3.76. The lowest BCUT2D eigenvalue weighted by atomic mass is 10.1. The molecule has 9 heteroatoms. The van der Waals surface area contributed by atoms with E-state index in [4.69, 9.17) is 9.57 Å². The molecule has 8 nitrogen and oxygen atoms in total. The number of pyridine rings is 1. The summed E-state index contributed by atoms with van der Waals surface area (Å²) in [7, 11) is 3.31. The maximum Gasteiger partial charge on any atom is 0.237 e. The number of anilines is 2. The van der Waals surface area contributed by atoms with E-state index in [9.17, 15) is 14.0 Å². The highest BCUT2D eigenvalue weighted by atomic mass is 19.1. The lowest BCUT2D eigenvalue weighted by Gasteiger charge is -2.12. The average Bonchev–Trinajstić information content (AvgIpc) is 3.77. The molecule has 0 aliphatic heterocycles. The number of halogens is 1. The number of benzene rings is 3. The van der Waals surface area contributed by atoms with Crippen LogP contribution in [0.25, 0.3) is 10.9 Å². The first-order valence-electron chi connectivity index (χ1n) is 12.3. The standard InChI is InChI=1S/C23H21N3O4.C7H8FN/c1-15(26-29-2)16-3-8-19-20(13-16)24-12-9-21(19)30-18-6-4-17(5-7-18)25-22(28)23(14-27)10-11-23;1-9-7-4-2-6(8)3-5-7/h3-9,12-14H,10-11H2,1-2H3,(H,25,28);2-5,9H,1H3/b26-15+;. The number of nitrogens with one attached hydrogen (secondary N) is 2. The Labute approximate surface area is 225 Å². The first-order valence-corrected chi connectivity index (χ1v) is 12.3. The predicted molar refractivity (Wildman–Crippen MR) is 150 cm³/mol. The van der Waals surface area contributed by atoms with Gasteiger partial charge in [-0.15, -0.1) is 0 Å². The van der Waals surface area contributed by atoms with Crippen molar-refractivity contribution in [2.75, 3.05) is 24.8 Å². The summed E-state index contributed by atoms with van der Waals surface area (Å²) < 4.78 is 18.2. The number of carbonyl (C=O) groups is 2. The Kier molecular flexibility index (Phi) is 8.50. The number of carbonyl (C=O) groups excluding carboxylic acids is 2. The number of oxime groups is 1. The molecule has 0 saturated heterocycles. The van der Waals surface area contributed by atoms with Gasteiger partial charge in [0.05, 0.1) is 11.2 Å². The maximum absolute atomic E-state index is 12.2. The molecule has 1 heterocycles. The number of amides is 1. The van der Waals surface area contributed by atoms with E-state index in [1.54, 1.807) is 55.7 Å². The zero-order valence-corrected chi connectivity index (χ0v) is 21.9.